The van der Waals surface area contributed by atoms with Gasteiger partial charge in [-0.2, -0.15) is 5.10 Å². The summed E-state index contributed by atoms with van der Waals surface area (Å²) in [4.78, 5) is 7.05. The van der Waals surface area contributed by atoms with Crippen LogP contribution in [0.4, 0.5) is 5.82 Å². The predicted molar refractivity (Wildman–Crippen MR) is 85.6 cm³/mol. The first-order valence-electron chi connectivity index (χ1n) is 8.07. The highest BCUT2D eigenvalue weighted by molar-refractivity contribution is 5.45. The molecule has 2 heterocycles. The molecule has 5 nitrogen and oxygen atoms in total. The van der Waals surface area contributed by atoms with Crippen molar-refractivity contribution in [1.29, 1.82) is 0 Å². The first kappa shape index (κ1) is 14.3. The van der Waals surface area contributed by atoms with Crippen LogP contribution >= 0.6 is 0 Å². The fraction of sp³-hybridized carbons (Fsp3) is 0.625. The van der Waals surface area contributed by atoms with Crippen LogP contribution in [0.5, 0.6) is 0 Å². The van der Waals surface area contributed by atoms with E-state index in [0.29, 0.717) is 0 Å². The van der Waals surface area contributed by atoms with Gasteiger partial charge in [-0.25, -0.2) is 9.50 Å². The van der Waals surface area contributed by atoms with E-state index in [9.17, 15) is 0 Å². The van der Waals surface area contributed by atoms with Crippen molar-refractivity contribution in [1.82, 2.24) is 19.5 Å². The number of rotatable bonds is 6. The number of hydrogen-bond acceptors (Lipinski definition) is 4. The summed E-state index contributed by atoms with van der Waals surface area (Å²) in [5.41, 5.74) is 0.888. The summed E-state index contributed by atoms with van der Waals surface area (Å²) in [6.07, 6.45) is 11.9. The highest BCUT2D eigenvalue weighted by atomic mass is 15.2. The maximum atomic E-state index is 4.52. The minimum atomic E-state index is 0.806. The molecule has 1 aliphatic rings. The molecule has 21 heavy (non-hydrogen) atoms. The Morgan fingerprint density at radius 1 is 1.29 bits per heavy atom. The van der Waals surface area contributed by atoms with E-state index in [1.54, 1.807) is 10.7 Å². The Balaban J connectivity index is 1.41. The van der Waals surface area contributed by atoms with Crippen LogP contribution in [0.1, 0.15) is 38.5 Å². The zero-order chi connectivity index (χ0) is 14.5. The quantitative estimate of drug-likeness (QED) is 0.830. The van der Waals surface area contributed by atoms with Gasteiger partial charge in [0.2, 0.25) is 0 Å². The van der Waals surface area contributed by atoms with Crippen LogP contribution < -0.4 is 5.32 Å². The highest BCUT2D eigenvalue weighted by Crippen LogP contribution is 2.21. The SMILES string of the molecule is CN(CCCNc1ccn2nccc2n1)C1CCCCC1. The number of nitrogens with zero attached hydrogens (tertiary/aromatic N) is 4. The Morgan fingerprint density at radius 2 is 2.14 bits per heavy atom. The summed E-state index contributed by atoms with van der Waals surface area (Å²) in [6, 6.07) is 4.70. The first-order chi connectivity index (χ1) is 10.3. The van der Waals surface area contributed by atoms with Gasteiger partial charge in [0.15, 0.2) is 5.65 Å². The third-order valence-electron chi connectivity index (χ3n) is 4.45. The van der Waals surface area contributed by atoms with E-state index in [0.717, 1.165) is 37.0 Å². The Bertz CT molecular complexity index is 559. The van der Waals surface area contributed by atoms with Gasteiger partial charge in [0, 0.05) is 24.8 Å². The van der Waals surface area contributed by atoms with Gasteiger partial charge in [-0.3, -0.25) is 0 Å². The lowest BCUT2D eigenvalue weighted by Crippen LogP contribution is -2.34. The smallest absolute Gasteiger partial charge is 0.157 e. The number of fused-ring (bicyclic) bond motifs is 1. The third kappa shape index (κ3) is 3.73. The second-order valence-corrected chi connectivity index (χ2v) is 6.00. The van der Waals surface area contributed by atoms with Crippen molar-refractivity contribution >= 4 is 11.5 Å². The maximum Gasteiger partial charge on any atom is 0.157 e. The molecule has 0 spiro atoms. The fourth-order valence-electron chi connectivity index (χ4n) is 3.16. The van der Waals surface area contributed by atoms with Gasteiger partial charge < -0.3 is 10.2 Å². The number of anilines is 1. The van der Waals surface area contributed by atoms with Gasteiger partial charge in [-0.1, -0.05) is 19.3 Å². The Morgan fingerprint density at radius 3 is 3.00 bits per heavy atom. The van der Waals surface area contributed by atoms with E-state index in [1.165, 1.54) is 32.1 Å². The zero-order valence-electron chi connectivity index (χ0n) is 12.8. The van der Waals surface area contributed by atoms with Crippen LogP contribution in [0, 0.1) is 0 Å². The van der Waals surface area contributed by atoms with Crippen LogP contribution in [0.15, 0.2) is 24.5 Å². The normalized spacial score (nSPS) is 16.7. The number of hydrogen-bond donors (Lipinski definition) is 1. The lowest BCUT2D eigenvalue weighted by Gasteiger charge is -2.31. The van der Waals surface area contributed by atoms with Crippen molar-refractivity contribution in [2.24, 2.45) is 0 Å². The Kier molecular flexibility index (Phi) is 4.70. The van der Waals surface area contributed by atoms with Gasteiger partial charge in [-0.05, 0) is 38.9 Å². The van der Waals surface area contributed by atoms with Crippen LogP contribution in [-0.2, 0) is 0 Å². The standard InChI is InChI=1S/C16H25N5/c1-20(14-6-3-2-4-7-14)12-5-10-17-15-9-13-21-16(19-15)8-11-18-21/h8-9,11,13-14H,2-7,10,12H2,1H3,(H,17,19). The molecule has 0 aromatic carbocycles. The molecule has 5 heteroatoms. The van der Waals surface area contributed by atoms with Crippen molar-refractivity contribution in [2.45, 2.75) is 44.6 Å². The molecular formula is C16H25N5. The van der Waals surface area contributed by atoms with Crippen molar-refractivity contribution in [2.75, 3.05) is 25.5 Å². The van der Waals surface area contributed by atoms with Crippen LogP contribution in [-0.4, -0.2) is 45.7 Å². The van der Waals surface area contributed by atoms with Crippen LogP contribution in [0.2, 0.25) is 0 Å². The third-order valence-corrected chi connectivity index (χ3v) is 4.45. The monoisotopic (exact) mass is 287 g/mol. The molecule has 3 rings (SSSR count). The predicted octanol–water partition coefficient (Wildman–Crippen LogP) is 2.80. The van der Waals surface area contributed by atoms with E-state index in [-0.39, 0.29) is 0 Å². The van der Waals surface area contributed by atoms with Crippen molar-refractivity contribution in [3.8, 4) is 0 Å². The molecule has 1 N–H and O–H groups in total. The van der Waals surface area contributed by atoms with E-state index in [1.807, 2.05) is 18.3 Å². The number of nitrogens with one attached hydrogen (secondary N) is 1. The summed E-state index contributed by atoms with van der Waals surface area (Å²) in [6.45, 7) is 2.13. The average molecular weight is 287 g/mol. The van der Waals surface area contributed by atoms with Gasteiger partial charge in [0.25, 0.3) is 0 Å². The van der Waals surface area contributed by atoms with Gasteiger partial charge in [0.1, 0.15) is 5.82 Å². The molecule has 1 fully saturated rings. The molecule has 114 valence electrons. The van der Waals surface area contributed by atoms with Gasteiger partial charge in [0.05, 0.1) is 6.20 Å². The summed E-state index contributed by atoms with van der Waals surface area (Å²) in [7, 11) is 2.27. The van der Waals surface area contributed by atoms with Crippen molar-refractivity contribution < 1.29 is 0 Å². The number of aromatic nitrogens is 3. The second kappa shape index (κ2) is 6.89. The molecule has 0 amide bonds. The molecular weight excluding hydrogens is 262 g/mol. The zero-order valence-corrected chi connectivity index (χ0v) is 12.8. The molecule has 0 bridgehead atoms. The van der Waals surface area contributed by atoms with Gasteiger partial charge >= 0.3 is 0 Å². The summed E-state index contributed by atoms with van der Waals surface area (Å²) < 4.78 is 1.78. The lowest BCUT2D eigenvalue weighted by molar-refractivity contribution is 0.191. The van der Waals surface area contributed by atoms with E-state index in [2.05, 4.69) is 27.3 Å². The van der Waals surface area contributed by atoms with Crippen molar-refractivity contribution in [3.05, 3.63) is 24.5 Å². The molecule has 0 radical (unpaired) electrons. The van der Waals surface area contributed by atoms with Crippen LogP contribution in [0.3, 0.4) is 0 Å². The Hall–Kier alpha value is -1.62. The molecule has 2 aromatic heterocycles. The minimum absolute atomic E-state index is 0.806. The molecule has 0 saturated heterocycles. The maximum absolute atomic E-state index is 4.52. The minimum Gasteiger partial charge on any atom is -0.370 e. The van der Waals surface area contributed by atoms with Crippen LogP contribution in [0.25, 0.3) is 5.65 Å². The average Bonchev–Trinajstić information content (AvgIpc) is 3.00. The largest absolute Gasteiger partial charge is 0.370 e. The topological polar surface area (TPSA) is 45.5 Å². The highest BCUT2D eigenvalue weighted by Gasteiger charge is 2.17. The summed E-state index contributed by atoms with van der Waals surface area (Å²) in [5, 5.41) is 7.56. The van der Waals surface area contributed by atoms with E-state index < -0.39 is 0 Å². The van der Waals surface area contributed by atoms with Gasteiger partial charge in [-0.15, -0.1) is 0 Å². The molecule has 1 aliphatic carbocycles. The molecule has 0 aliphatic heterocycles. The molecule has 0 atom stereocenters. The van der Waals surface area contributed by atoms with E-state index >= 15 is 0 Å². The summed E-state index contributed by atoms with van der Waals surface area (Å²) in [5.74, 6) is 0.934. The first-order valence-corrected chi connectivity index (χ1v) is 8.07. The molecule has 1 saturated carbocycles. The molecule has 0 unspecified atom stereocenters. The fourth-order valence-corrected chi connectivity index (χ4v) is 3.16. The second-order valence-electron chi connectivity index (χ2n) is 6.00. The van der Waals surface area contributed by atoms with E-state index in [4.69, 9.17) is 0 Å². The summed E-state index contributed by atoms with van der Waals surface area (Å²) >= 11 is 0. The van der Waals surface area contributed by atoms with Crippen molar-refractivity contribution in [3.63, 3.8) is 0 Å². The Labute approximate surface area is 126 Å². The lowest BCUT2D eigenvalue weighted by atomic mass is 9.94. The molecule has 2 aromatic rings.